The Kier molecular flexibility index (Phi) is 5.46. The molecule has 20 heavy (non-hydrogen) atoms. The highest BCUT2D eigenvalue weighted by molar-refractivity contribution is 5.44. The fraction of sp³-hybridized carbons (Fsp3) is 0.529. The van der Waals surface area contributed by atoms with Crippen molar-refractivity contribution in [2.45, 2.75) is 38.8 Å². The van der Waals surface area contributed by atoms with Crippen LogP contribution in [0.2, 0.25) is 0 Å². The third kappa shape index (κ3) is 4.00. The van der Waals surface area contributed by atoms with E-state index >= 15 is 0 Å². The molecule has 0 unspecified atom stereocenters. The van der Waals surface area contributed by atoms with Gasteiger partial charge in [0.25, 0.3) is 0 Å². The fourth-order valence-electron chi connectivity index (χ4n) is 2.47. The molecule has 0 saturated heterocycles. The third-order valence-electron chi connectivity index (χ3n) is 3.56. The Bertz CT molecular complexity index is 497. The predicted molar refractivity (Wildman–Crippen MR) is 82.6 cm³/mol. The number of nitrogens with zero attached hydrogens (tertiary/aromatic N) is 1. The number of methoxy groups -OCH3 is 1. The largest absolute Gasteiger partial charge is 0.496 e. The summed E-state index contributed by atoms with van der Waals surface area (Å²) in [6.07, 6.45) is 3.84. The average molecular weight is 272 g/mol. The zero-order valence-corrected chi connectivity index (χ0v) is 12.5. The van der Waals surface area contributed by atoms with Gasteiger partial charge in [0.05, 0.1) is 13.7 Å². The molecule has 1 aliphatic rings. The van der Waals surface area contributed by atoms with Gasteiger partial charge in [-0.25, -0.2) is 0 Å². The molecule has 0 aromatic heterocycles. The summed E-state index contributed by atoms with van der Waals surface area (Å²) in [5.74, 6) is 6.95. The van der Waals surface area contributed by atoms with Gasteiger partial charge in [0.15, 0.2) is 0 Å². The van der Waals surface area contributed by atoms with Gasteiger partial charge in [-0.3, -0.25) is 4.90 Å². The van der Waals surface area contributed by atoms with Crippen molar-refractivity contribution in [2.75, 3.05) is 20.2 Å². The number of ether oxygens (including phenoxy) is 1. The Morgan fingerprint density at radius 1 is 1.40 bits per heavy atom. The summed E-state index contributed by atoms with van der Waals surface area (Å²) in [5.41, 5.74) is 7.66. The zero-order valence-electron chi connectivity index (χ0n) is 12.5. The van der Waals surface area contributed by atoms with Crippen molar-refractivity contribution in [3.63, 3.8) is 0 Å². The van der Waals surface area contributed by atoms with E-state index in [1.165, 1.54) is 24.8 Å². The van der Waals surface area contributed by atoms with E-state index in [4.69, 9.17) is 10.5 Å². The van der Waals surface area contributed by atoms with E-state index in [1.54, 1.807) is 7.11 Å². The maximum absolute atomic E-state index is 5.48. The van der Waals surface area contributed by atoms with Crippen LogP contribution < -0.4 is 10.5 Å². The lowest BCUT2D eigenvalue weighted by Gasteiger charge is -2.22. The molecule has 1 aliphatic carbocycles. The molecule has 1 saturated carbocycles. The Labute approximate surface area is 122 Å². The minimum atomic E-state index is 0.394. The van der Waals surface area contributed by atoms with Gasteiger partial charge in [-0.05, 0) is 44.0 Å². The topological polar surface area (TPSA) is 38.5 Å². The Hall–Kier alpha value is -1.50. The Morgan fingerprint density at radius 3 is 2.80 bits per heavy atom. The molecule has 0 bridgehead atoms. The highest BCUT2D eigenvalue weighted by Crippen LogP contribution is 2.30. The molecule has 108 valence electrons. The lowest BCUT2D eigenvalue weighted by atomic mass is 10.1. The van der Waals surface area contributed by atoms with Gasteiger partial charge in [-0.2, -0.15) is 0 Å². The van der Waals surface area contributed by atoms with Gasteiger partial charge >= 0.3 is 0 Å². The first-order chi connectivity index (χ1) is 9.78. The molecule has 3 nitrogen and oxygen atoms in total. The summed E-state index contributed by atoms with van der Waals surface area (Å²) in [7, 11) is 1.73. The van der Waals surface area contributed by atoms with Crippen LogP contribution in [0.25, 0.3) is 0 Å². The first kappa shape index (κ1) is 14.9. The molecule has 1 aromatic carbocycles. The lowest BCUT2D eigenvalue weighted by molar-refractivity contribution is 0.251. The van der Waals surface area contributed by atoms with Crippen molar-refractivity contribution < 1.29 is 4.74 Å². The van der Waals surface area contributed by atoms with Crippen LogP contribution >= 0.6 is 0 Å². The maximum atomic E-state index is 5.48. The van der Waals surface area contributed by atoms with Crippen molar-refractivity contribution in [3.8, 4) is 17.6 Å². The average Bonchev–Trinajstić information content (AvgIpc) is 3.29. The van der Waals surface area contributed by atoms with E-state index in [0.717, 1.165) is 30.4 Å². The van der Waals surface area contributed by atoms with Crippen LogP contribution in [0.1, 0.15) is 37.3 Å². The van der Waals surface area contributed by atoms with E-state index in [1.807, 2.05) is 12.1 Å². The molecule has 0 atom stereocenters. The Morgan fingerprint density at radius 2 is 2.20 bits per heavy atom. The van der Waals surface area contributed by atoms with E-state index in [-0.39, 0.29) is 0 Å². The minimum absolute atomic E-state index is 0.394. The summed E-state index contributed by atoms with van der Waals surface area (Å²) >= 11 is 0. The molecule has 3 heteroatoms. The SMILES string of the molecule is CCCN(Cc1cc(C#CCN)ccc1OC)C1CC1. The summed E-state index contributed by atoms with van der Waals surface area (Å²) in [4.78, 5) is 2.55. The molecule has 0 aliphatic heterocycles. The fourth-order valence-corrected chi connectivity index (χ4v) is 2.47. The summed E-state index contributed by atoms with van der Waals surface area (Å²) < 4.78 is 5.48. The van der Waals surface area contributed by atoms with E-state index in [0.29, 0.717) is 6.54 Å². The smallest absolute Gasteiger partial charge is 0.123 e. The van der Waals surface area contributed by atoms with Gasteiger partial charge < -0.3 is 10.5 Å². The van der Waals surface area contributed by atoms with E-state index in [2.05, 4.69) is 29.7 Å². The van der Waals surface area contributed by atoms with Crippen LogP contribution in [0.3, 0.4) is 0 Å². The lowest BCUT2D eigenvalue weighted by Crippen LogP contribution is -2.26. The molecule has 2 N–H and O–H groups in total. The Balaban J connectivity index is 2.18. The maximum Gasteiger partial charge on any atom is 0.123 e. The summed E-state index contributed by atoms with van der Waals surface area (Å²) in [6.45, 7) is 4.72. The van der Waals surface area contributed by atoms with Crippen molar-refractivity contribution in [3.05, 3.63) is 29.3 Å². The zero-order chi connectivity index (χ0) is 14.4. The molecule has 0 spiro atoms. The summed E-state index contributed by atoms with van der Waals surface area (Å²) in [6, 6.07) is 6.89. The van der Waals surface area contributed by atoms with Crippen molar-refractivity contribution in [1.82, 2.24) is 4.90 Å². The number of benzene rings is 1. The molecule has 0 radical (unpaired) electrons. The highest BCUT2D eigenvalue weighted by atomic mass is 16.5. The highest BCUT2D eigenvalue weighted by Gasteiger charge is 2.28. The van der Waals surface area contributed by atoms with Gasteiger partial charge in [-0.1, -0.05) is 18.8 Å². The first-order valence-electron chi connectivity index (χ1n) is 7.38. The van der Waals surface area contributed by atoms with Gasteiger partial charge in [0.2, 0.25) is 0 Å². The number of nitrogens with two attached hydrogens (primary N) is 1. The number of hydrogen-bond acceptors (Lipinski definition) is 3. The van der Waals surface area contributed by atoms with E-state index < -0.39 is 0 Å². The van der Waals surface area contributed by atoms with Crippen LogP contribution in [0, 0.1) is 11.8 Å². The van der Waals surface area contributed by atoms with Crippen LogP contribution in [0.15, 0.2) is 18.2 Å². The van der Waals surface area contributed by atoms with Crippen LogP contribution in [-0.2, 0) is 6.54 Å². The molecule has 0 amide bonds. The summed E-state index contributed by atoms with van der Waals surface area (Å²) in [5, 5.41) is 0. The third-order valence-corrected chi connectivity index (χ3v) is 3.56. The normalized spacial score (nSPS) is 14.0. The van der Waals surface area contributed by atoms with Crippen LogP contribution in [0.4, 0.5) is 0 Å². The van der Waals surface area contributed by atoms with Crippen molar-refractivity contribution in [2.24, 2.45) is 5.73 Å². The quantitative estimate of drug-likeness (QED) is 0.808. The van der Waals surface area contributed by atoms with E-state index in [9.17, 15) is 0 Å². The second-order valence-corrected chi connectivity index (χ2v) is 5.23. The van der Waals surface area contributed by atoms with Crippen molar-refractivity contribution in [1.29, 1.82) is 0 Å². The second-order valence-electron chi connectivity index (χ2n) is 5.23. The standard InChI is InChI=1S/C17H24N2O/c1-3-11-19(16-7-8-16)13-15-12-14(5-4-10-18)6-9-17(15)20-2/h6,9,12,16H,3,7-8,10-11,13,18H2,1-2H3. The predicted octanol–water partition coefficient (Wildman–Crippen LogP) is 2.38. The second kappa shape index (κ2) is 7.33. The van der Waals surface area contributed by atoms with Gasteiger partial charge in [0, 0.05) is 23.7 Å². The number of hydrogen-bond donors (Lipinski definition) is 1. The monoisotopic (exact) mass is 272 g/mol. The van der Waals surface area contributed by atoms with Gasteiger partial charge in [0.1, 0.15) is 5.75 Å². The molecule has 2 rings (SSSR count). The molecular weight excluding hydrogens is 248 g/mol. The van der Waals surface area contributed by atoms with Crippen LogP contribution in [0.5, 0.6) is 5.75 Å². The van der Waals surface area contributed by atoms with Gasteiger partial charge in [-0.15, -0.1) is 0 Å². The molecule has 1 fully saturated rings. The van der Waals surface area contributed by atoms with Crippen LogP contribution in [-0.4, -0.2) is 31.1 Å². The number of rotatable bonds is 6. The molecular formula is C17H24N2O. The molecule has 0 heterocycles. The van der Waals surface area contributed by atoms with Crippen molar-refractivity contribution >= 4 is 0 Å². The minimum Gasteiger partial charge on any atom is -0.496 e. The first-order valence-corrected chi connectivity index (χ1v) is 7.38. The molecule has 1 aromatic rings.